The van der Waals surface area contributed by atoms with E-state index >= 15 is 0 Å². The second-order valence-electron chi connectivity index (χ2n) is 8.20. The molecule has 2 N–H and O–H groups in total. The van der Waals surface area contributed by atoms with Crippen molar-refractivity contribution in [1.29, 1.82) is 10.5 Å². The minimum Gasteiger partial charge on any atom is -0.441 e. The lowest BCUT2D eigenvalue weighted by atomic mass is 10.0. The van der Waals surface area contributed by atoms with Gasteiger partial charge in [-0.25, -0.2) is 0 Å². The van der Waals surface area contributed by atoms with E-state index in [1.54, 1.807) is 34.1 Å². The third-order valence-electron chi connectivity index (χ3n) is 5.94. The maximum Gasteiger partial charge on any atom is 0.284 e. The van der Waals surface area contributed by atoms with Gasteiger partial charge in [-0.05, 0) is 42.9 Å². The van der Waals surface area contributed by atoms with Gasteiger partial charge in [0.1, 0.15) is 0 Å². The second-order valence-corrected chi connectivity index (χ2v) is 8.20. The van der Waals surface area contributed by atoms with Crippen LogP contribution in [-0.4, -0.2) is 56.6 Å². The molecule has 2 fully saturated rings. The van der Waals surface area contributed by atoms with Crippen molar-refractivity contribution in [1.82, 2.24) is 30.6 Å². The molecule has 5 rings (SSSR count). The number of carbonyl (C=O) groups excluding carboxylic acids is 1. The van der Waals surface area contributed by atoms with Gasteiger partial charge in [0.25, 0.3) is 12.1 Å². The fourth-order valence-electron chi connectivity index (χ4n) is 4.22. The van der Waals surface area contributed by atoms with E-state index in [0.29, 0.717) is 36.9 Å². The van der Waals surface area contributed by atoms with Gasteiger partial charge in [0.2, 0.25) is 5.90 Å². The number of nitrogens with zero attached hydrogens (tertiary/aromatic N) is 7. The molecule has 3 atom stereocenters. The summed E-state index contributed by atoms with van der Waals surface area (Å²) in [6.45, 7) is 0.933. The molecule has 1 unspecified atom stereocenters. The van der Waals surface area contributed by atoms with E-state index in [1.165, 1.54) is 0 Å². The zero-order chi connectivity index (χ0) is 22.1. The number of likely N-dealkylation sites (tertiary alicyclic amines) is 1. The average Bonchev–Trinajstić information content (AvgIpc) is 3.18. The minimum absolute atomic E-state index is 0.0777. The van der Waals surface area contributed by atoms with Crippen LogP contribution in [0.2, 0.25) is 0 Å². The summed E-state index contributed by atoms with van der Waals surface area (Å²) in [6, 6.07) is 7.35. The largest absolute Gasteiger partial charge is 0.441 e. The van der Waals surface area contributed by atoms with Gasteiger partial charge in [-0.1, -0.05) is 11.3 Å². The summed E-state index contributed by atoms with van der Waals surface area (Å²) < 4.78 is 7.49. The van der Waals surface area contributed by atoms with Crippen LogP contribution in [0.15, 0.2) is 35.7 Å². The third-order valence-corrected chi connectivity index (χ3v) is 5.94. The van der Waals surface area contributed by atoms with Gasteiger partial charge in [-0.15, -0.1) is 10.2 Å². The molecule has 0 radical (unpaired) electrons. The average molecular weight is 431 g/mol. The molecule has 0 spiro atoms. The molecule has 2 aliphatic heterocycles. The molecular formula is C21H21N9O2. The van der Waals surface area contributed by atoms with Crippen molar-refractivity contribution in [3.8, 4) is 12.3 Å². The van der Waals surface area contributed by atoms with Crippen LogP contribution in [0.3, 0.4) is 0 Å². The fraction of sp³-hybridized carbons (Fsp3) is 0.429. The Bertz CT molecular complexity index is 1130. The predicted octanol–water partition coefficient (Wildman–Crippen LogP) is 0.375. The lowest BCUT2D eigenvalue weighted by Gasteiger charge is -2.16. The van der Waals surface area contributed by atoms with Crippen molar-refractivity contribution in [2.75, 3.05) is 6.54 Å². The third kappa shape index (κ3) is 3.93. The monoisotopic (exact) mass is 431 g/mol. The van der Waals surface area contributed by atoms with Crippen LogP contribution in [0.1, 0.15) is 41.9 Å². The molecule has 0 bridgehead atoms. The van der Waals surface area contributed by atoms with Crippen LogP contribution in [-0.2, 0) is 16.1 Å². The second kappa shape index (κ2) is 8.19. The molecule has 1 saturated heterocycles. The highest BCUT2D eigenvalue weighted by Crippen LogP contribution is 2.42. The maximum absolute atomic E-state index is 12.8. The zero-order valence-electron chi connectivity index (χ0n) is 17.2. The van der Waals surface area contributed by atoms with Gasteiger partial charge in [0.05, 0.1) is 30.4 Å². The van der Waals surface area contributed by atoms with Gasteiger partial charge < -0.3 is 15.0 Å². The normalized spacial score (nSPS) is 24.1. The highest BCUT2D eigenvalue weighted by atomic mass is 16.5. The summed E-state index contributed by atoms with van der Waals surface area (Å²) in [7, 11) is 0. The number of nitriles is 2. The van der Waals surface area contributed by atoms with Crippen LogP contribution in [0, 0.1) is 22.8 Å². The Morgan fingerprint density at radius 3 is 2.94 bits per heavy atom. The van der Waals surface area contributed by atoms with Crippen molar-refractivity contribution < 1.29 is 9.53 Å². The SMILES string of the molecule is N#Cc1ccc(C2CC2)c(C2=NNC(C(=O)N[C@@H]3C[C@@H](Cn4ccnn4)N(C#N)C3)O2)c1. The Morgan fingerprint density at radius 1 is 1.34 bits per heavy atom. The van der Waals surface area contributed by atoms with Gasteiger partial charge in [0, 0.05) is 24.3 Å². The number of aromatic nitrogens is 3. The van der Waals surface area contributed by atoms with E-state index < -0.39 is 6.23 Å². The molecule has 3 aliphatic rings. The molecule has 32 heavy (non-hydrogen) atoms. The molecule has 1 saturated carbocycles. The zero-order valence-corrected chi connectivity index (χ0v) is 17.2. The van der Waals surface area contributed by atoms with E-state index in [4.69, 9.17) is 4.74 Å². The van der Waals surface area contributed by atoms with E-state index in [0.717, 1.165) is 24.0 Å². The first-order valence-electron chi connectivity index (χ1n) is 10.5. The van der Waals surface area contributed by atoms with Gasteiger partial charge in [-0.2, -0.15) is 10.5 Å². The smallest absolute Gasteiger partial charge is 0.284 e. The van der Waals surface area contributed by atoms with Crippen LogP contribution in [0.4, 0.5) is 0 Å². The maximum atomic E-state index is 12.8. The lowest BCUT2D eigenvalue weighted by molar-refractivity contribution is -0.129. The summed E-state index contributed by atoms with van der Waals surface area (Å²) in [4.78, 5) is 14.4. The van der Waals surface area contributed by atoms with Crippen molar-refractivity contribution in [2.45, 2.75) is 50.0 Å². The van der Waals surface area contributed by atoms with Crippen molar-refractivity contribution in [3.05, 3.63) is 47.3 Å². The molecule has 11 nitrogen and oxygen atoms in total. The number of rotatable bonds is 6. The Labute approximate surface area is 184 Å². The number of hydrazone groups is 1. The summed E-state index contributed by atoms with van der Waals surface area (Å²) >= 11 is 0. The van der Waals surface area contributed by atoms with Crippen LogP contribution in [0.5, 0.6) is 0 Å². The molecule has 1 aromatic heterocycles. The van der Waals surface area contributed by atoms with Gasteiger partial charge in [0.15, 0.2) is 6.19 Å². The molecule has 3 heterocycles. The Morgan fingerprint density at radius 2 is 2.22 bits per heavy atom. The predicted molar refractivity (Wildman–Crippen MR) is 110 cm³/mol. The molecular weight excluding hydrogens is 410 g/mol. The minimum atomic E-state index is -0.965. The first-order valence-corrected chi connectivity index (χ1v) is 10.5. The lowest BCUT2D eigenvalue weighted by Crippen LogP contribution is -2.46. The Kier molecular flexibility index (Phi) is 5.07. The van der Waals surface area contributed by atoms with Crippen molar-refractivity contribution >= 4 is 11.8 Å². The summed E-state index contributed by atoms with van der Waals surface area (Å²) in [6.07, 6.45) is 7.35. The topological polar surface area (TPSA) is 144 Å². The van der Waals surface area contributed by atoms with E-state index in [1.807, 2.05) is 6.07 Å². The number of amides is 1. The number of ether oxygens (including phenoxy) is 1. The first kappa shape index (κ1) is 19.8. The number of hydrogen-bond donors (Lipinski definition) is 2. The number of benzene rings is 1. The highest BCUT2D eigenvalue weighted by Gasteiger charge is 2.37. The molecule has 2 aromatic rings. The highest BCUT2D eigenvalue weighted by molar-refractivity contribution is 5.99. The molecule has 162 valence electrons. The quantitative estimate of drug-likeness (QED) is 0.625. The first-order chi connectivity index (χ1) is 15.6. The number of nitrogens with one attached hydrogen (secondary N) is 2. The van der Waals surface area contributed by atoms with E-state index in [2.05, 4.69) is 38.4 Å². The van der Waals surface area contributed by atoms with Crippen molar-refractivity contribution in [3.63, 3.8) is 0 Å². The van der Waals surface area contributed by atoms with Crippen LogP contribution in [0.25, 0.3) is 0 Å². The molecule has 11 heteroatoms. The number of carbonyl (C=O) groups is 1. The van der Waals surface area contributed by atoms with E-state index in [9.17, 15) is 15.3 Å². The Hall–Kier alpha value is -4.12. The van der Waals surface area contributed by atoms with Crippen LogP contribution >= 0.6 is 0 Å². The van der Waals surface area contributed by atoms with Gasteiger partial charge in [-0.3, -0.25) is 14.9 Å². The van der Waals surface area contributed by atoms with Gasteiger partial charge >= 0.3 is 0 Å². The summed E-state index contributed by atoms with van der Waals surface area (Å²) in [5, 5.41) is 33.6. The van der Waals surface area contributed by atoms with Crippen LogP contribution < -0.4 is 10.7 Å². The number of hydrogen-bond acceptors (Lipinski definition) is 9. The van der Waals surface area contributed by atoms with Crippen molar-refractivity contribution in [2.24, 2.45) is 5.10 Å². The molecule has 1 amide bonds. The summed E-state index contributed by atoms with van der Waals surface area (Å²) in [5.41, 5.74) is 5.10. The standard InChI is InChI=1S/C21H21N9O2/c22-9-13-1-4-17(14-2-3-14)18(7-13)20-26-27-21(32-20)19(31)25-15-8-16(29(10-15)12-23)11-30-6-5-24-28-30/h1,4-7,14-16,21,27H,2-3,8,10-11H2,(H,25,31)/t15-,16+,21?/m1/s1. The Balaban J connectivity index is 1.21. The summed E-state index contributed by atoms with van der Waals surface area (Å²) in [5.74, 6) is 0.407. The molecule has 1 aliphatic carbocycles. The molecule has 1 aromatic carbocycles. The fourth-order valence-corrected chi connectivity index (χ4v) is 4.22. The van der Waals surface area contributed by atoms with E-state index in [-0.39, 0.29) is 18.0 Å².